The van der Waals surface area contributed by atoms with E-state index in [4.69, 9.17) is 10.3 Å². The first-order valence-electron chi connectivity index (χ1n) is 6.96. The summed E-state index contributed by atoms with van der Waals surface area (Å²) in [6.45, 7) is 2.58. The van der Waals surface area contributed by atoms with Gasteiger partial charge in [-0.1, -0.05) is 54.0 Å². The Morgan fingerprint density at radius 3 is 2.81 bits per heavy atom. The van der Waals surface area contributed by atoms with Crippen LogP contribution in [0, 0.1) is 0 Å². The van der Waals surface area contributed by atoms with Crippen molar-refractivity contribution in [3.63, 3.8) is 0 Å². The van der Waals surface area contributed by atoms with Crippen molar-refractivity contribution in [2.45, 2.75) is 26.3 Å². The zero-order chi connectivity index (χ0) is 14.7. The predicted octanol–water partition coefficient (Wildman–Crippen LogP) is 2.52. The number of rotatable bonds is 5. The van der Waals surface area contributed by atoms with E-state index in [0.717, 1.165) is 35.6 Å². The second-order valence-corrected chi connectivity index (χ2v) is 4.87. The lowest BCUT2D eigenvalue weighted by atomic mass is 10.1. The van der Waals surface area contributed by atoms with Crippen LogP contribution in [0.25, 0.3) is 11.3 Å². The van der Waals surface area contributed by atoms with Crippen molar-refractivity contribution in [1.29, 1.82) is 0 Å². The maximum atomic E-state index is 5.84. The smallest absolute Gasteiger partial charge is 0.169 e. The fraction of sp³-hybridized carbons (Fsp3) is 0.267. The van der Waals surface area contributed by atoms with Crippen LogP contribution in [0.15, 0.2) is 40.9 Å². The van der Waals surface area contributed by atoms with Crippen LogP contribution in [0.3, 0.4) is 0 Å². The van der Waals surface area contributed by atoms with E-state index in [-0.39, 0.29) is 0 Å². The fourth-order valence-corrected chi connectivity index (χ4v) is 2.25. The maximum absolute atomic E-state index is 5.84. The van der Waals surface area contributed by atoms with Gasteiger partial charge < -0.3 is 10.3 Å². The highest BCUT2D eigenvalue weighted by Gasteiger charge is 2.12. The molecule has 0 aliphatic carbocycles. The molecule has 2 N–H and O–H groups in total. The first-order chi connectivity index (χ1) is 10.3. The van der Waals surface area contributed by atoms with Crippen LogP contribution < -0.4 is 5.73 Å². The highest BCUT2D eigenvalue weighted by atomic mass is 16.5. The number of hydrogen-bond acceptors (Lipinski definition) is 5. The van der Waals surface area contributed by atoms with Gasteiger partial charge in [0.05, 0.1) is 5.69 Å². The Labute approximate surface area is 122 Å². The second kappa shape index (κ2) is 5.78. The topological polar surface area (TPSA) is 82.8 Å². The molecule has 2 aromatic heterocycles. The summed E-state index contributed by atoms with van der Waals surface area (Å²) in [5.41, 5.74) is 8.62. The molecule has 0 spiro atoms. The van der Waals surface area contributed by atoms with Gasteiger partial charge in [-0.05, 0) is 6.42 Å². The van der Waals surface area contributed by atoms with Crippen LogP contribution in [-0.4, -0.2) is 20.2 Å². The first-order valence-corrected chi connectivity index (χ1v) is 6.96. The van der Waals surface area contributed by atoms with Crippen molar-refractivity contribution in [3.05, 3.63) is 47.9 Å². The van der Waals surface area contributed by atoms with Crippen molar-refractivity contribution in [3.8, 4) is 11.3 Å². The Morgan fingerprint density at radius 1 is 1.24 bits per heavy atom. The molecular weight excluding hydrogens is 266 g/mol. The van der Waals surface area contributed by atoms with E-state index in [1.165, 1.54) is 0 Å². The van der Waals surface area contributed by atoms with Gasteiger partial charge in [0.2, 0.25) is 0 Å². The lowest BCUT2D eigenvalue weighted by Crippen LogP contribution is -2.06. The molecule has 0 saturated carbocycles. The second-order valence-electron chi connectivity index (χ2n) is 4.87. The lowest BCUT2D eigenvalue weighted by molar-refractivity contribution is 0.369. The molecule has 0 amide bonds. The Balaban J connectivity index is 1.82. The predicted molar refractivity (Wildman–Crippen MR) is 79.5 cm³/mol. The summed E-state index contributed by atoms with van der Waals surface area (Å²) >= 11 is 0. The quantitative estimate of drug-likeness (QED) is 0.778. The molecule has 21 heavy (non-hydrogen) atoms. The van der Waals surface area contributed by atoms with Crippen LogP contribution in [0.1, 0.15) is 24.8 Å². The van der Waals surface area contributed by atoms with Gasteiger partial charge >= 0.3 is 0 Å². The molecule has 2 heterocycles. The van der Waals surface area contributed by atoms with Gasteiger partial charge in [-0.15, -0.1) is 5.10 Å². The Morgan fingerprint density at radius 2 is 2.05 bits per heavy atom. The minimum absolute atomic E-state index is 0.485. The van der Waals surface area contributed by atoms with E-state index < -0.39 is 0 Å². The summed E-state index contributed by atoms with van der Waals surface area (Å²) in [6, 6.07) is 11.8. The molecule has 0 radical (unpaired) electrons. The van der Waals surface area contributed by atoms with Crippen molar-refractivity contribution in [2.24, 2.45) is 0 Å². The van der Waals surface area contributed by atoms with Crippen molar-refractivity contribution < 1.29 is 4.52 Å². The van der Waals surface area contributed by atoms with Gasteiger partial charge in [-0.3, -0.25) is 0 Å². The summed E-state index contributed by atoms with van der Waals surface area (Å²) in [5, 5.41) is 12.1. The minimum atomic E-state index is 0.485. The molecule has 0 fully saturated rings. The molecule has 1 aromatic carbocycles. The molecule has 3 rings (SSSR count). The molecule has 6 nitrogen and oxygen atoms in total. The van der Waals surface area contributed by atoms with E-state index in [0.29, 0.717) is 12.4 Å². The normalized spacial score (nSPS) is 10.9. The van der Waals surface area contributed by atoms with Gasteiger partial charge in [0.1, 0.15) is 12.2 Å². The van der Waals surface area contributed by atoms with E-state index in [2.05, 4.69) is 22.4 Å². The van der Waals surface area contributed by atoms with E-state index in [9.17, 15) is 0 Å². The minimum Gasteiger partial charge on any atom is -0.381 e. The number of nitrogens with zero attached hydrogens (tertiary/aromatic N) is 4. The van der Waals surface area contributed by atoms with Gasteiger partial charge in [0.15, 0.2) is 11.6 Å². The summed E-state index contributed by atoms with van der Waals surface area (Å²) < 4.78 is 7.16. The third kappa shape index (κ3) is 2.79. The molecular formula is C15H17N5O. The molecule has 0 atom stereocenters. The van der Waals surface area contributed by atoms with Crippen LogP contribution in [0.4, 0.5) is 5.82 Å². The van der Waals surface area contributed by atoms with Crippen molar-refractivity contribution in [2.75, 3.05) is 5.73 Å². The number of anilines is 1. The molecule has 0 bridgehead atoms. The van der Waals surface area contributed by atoms with Crippen LogP contribution in [-0.2, 0) is 13.0 Å². The average Bonchev–Trinajstić information content (AvgIpc) is 3.11. The Kier molecular flexibility index (Phi) is 3.68. The van der Waals surface area contributed by atoms with Gasteiger partial charge in [-0.25, -0.2) is 4.68 Å². The molecule has 6 heteroatoms. The van der Waals surface area contributed by atoms with E-state index in [1.54, 1.807) is 4.68 Å². The maximum Gasteiger partial charge on any atom is 0.169 e. The van der Waals surface area contributed by atoms with Crippen LogP contribution in [0.5, 0.6) is 0 Å². The highest BCUT2D eigenvalue weighted by molar-refractivity contribution is 5.58. The summed E-state index contributed by atoms with van der Waals surface area (Å²) in [4.78, 5) is 0. The Hall–Kier alpha value is -2.63. The monoisotopic (exact) mass is 283 g/mol. The largest absolute Gasteiger partial charge is 0.381 e. The first kappa shape index (κ1) is 13.4. The van der Waals surface area contributed by atoms with Gasteiger partial charge in [0, 0.05) is 11.6 Å². The number of nitrogens with two attached hydrogens (primary N) is 1. The average molecular weight is 283 g/mol. The third-order valence-corrected chi connectivity index (χ3v) is 3.29. The standard InChI is InChI=1S/C15H17N5O/c1-2-6-14-15(16)17-19-20(14)10-12-9-13(18-21-12)11-7-4-3-5-8-11/h3-5,7-9H,2,6,10,16H2,1H3. The Bertz CT molecular complexity index is 717. The molecule has 0 aliphatic rings. The fourth-order valence-electron chi connectivity index (χ4n) is 2.25. The van der Waals surface area contributed by atoms with Gasteiger partial charge in [0.25, 0.3) is 0 Å². The molecule has 0 saturated heterocycles. The molecule has 3 aromatic rings. The summed E-state index contributed by atoms with van der Waals surface area (Å²) in [6.07, 6.45) is 1.84. The third-order valence-electron chi connectivity index (χ3n) is 3.29. The lowest BCUT2D eigenvalue weighted by Gasteiger charge is -2.02. The van der Waals surface area contributed by atoms with Gasteiger partial charge in [-0.2, -0.15) is 0 Å². The summed E-state index contributed by atoms with van der Waals surface area (Å²) in [5.74, 6) is 1.22. The van der Waals surface area contributed by atoms with Crippen molar-refractivity contribution in [1.82, 2.24) is 20.2 Å². The highest BCUT2D eigenvalue weighted by Crippen LogP contribution is 2.20. The number of benzene rings is 1. The van der Waals surface area contributed by atoms with Crippen LogP contribution in [0.2, 0.25) is 0 Å². The van der Waals surface area contributed by atoms with E-state index >= 15 is 0 Å². The zero-order valence-corrected chi connectivity index (χ0v) is 11.9. The van der Waals surface area contributed by atoms with Crippen molar-refractivity contribution >= 4 is 5.82 Å². The molecule has 0 aliphatic heterocycles. The number of aromatic nitrogens is 4. The number of nitrogen functional groups attached to an aromatic ring is 1. The van der Waals surface area contributed by atoms with Crippen LogP contribution >= 0.6 is 0 Å². The zero-order valence-electron chi connectivity index (χ0n) is 11.9. The summed E-state index contributed by atoms with van der Waals surface area (Å²) in [7, 11) is 0. The number of hydrogen-bond donors (Lipinski definition) is 1. The SMILES string of the molecule is CCCc1c(N)nnn1Cc1cc(-c2ccccc2)no1. The van der Waals surface area contributed by atoms with E-state index in [1.807, 2.05) is 36.4 Å². The molecule has 0 unspecified atom stereocenters. The molecule has 108 valence electrons.